The summed E-state index contributed by atoms with van der Waals surface area (Å²) in [5.41, 5.74) is 1.38. The molecule has 8 atom stereocenters. The number of carbonyl (C=O) groups excluding carboxylic acids is 4. The molecule has 0 saturated heterocycles. The molecule has 402 valence electrons. The van der Waals surface area contributed by atoms with Crippen LogP contribution in [0.15, 0.2) is 35.9 Å². The van der Waals surface area contributed by atoms with Gasteiger partial charge in [0, 0.05) is 37.0 Å². The Labute approximate surface area is 430 Å². The quantitative estimate of drug-likeness (QED) is 0.0428. The van der Waals surface area contributed by atoms with Gasteiger partial charge in [0.25, 0.3) is 0 Å². The maximum atomic E-state index is 13.9. The number of rotatable bonds is 25. The maximum Gasteiger partial charge on any atom is 0.408 e. The van der Waals surface area contributed by atoms with Gasteiger partial charge in [-0.15, -0.1) is 0 Å². The number of esters is 1. The van der Waals surface area contributed by atoms with Crippen LogP contribution in [-0.2, 0) is 30.4 Å². The molecule has 1 aromatic carbocycles. The highest BCUT2D eigenvalue weighted by atomic mass is 16.6. The van der Waals surface area contributed by atoms with Crippen LogP contribution in [0.1, 0.15) is 217 Å². The molecule has 3 fully saturated rings. The minimum Gasteiger partial charge on any atom is -0.497 e. The van der Waals surface area contributed by atoms with Gasteiger partial charge in [-0.25, -0.2) is 9.59 Å². The molecule has 4 aliphatic carbocycles. The molecule has 0 heterocycles. The van der Waals surface area contributed by atoms with Crippen molar-refractivity contribution in [1.82, 2.24) is 15.5 Å². The number of allylic oxidation sites excluding steroid dienone is 1. The van der Waals surface area contributed by atoms with Crippen molar-refractivity contribution in [3.05, 3.63) is 41.5 Å². The van der Waals surface area contributed by atoms with Gasteiger partial charge >= 0.3 is 18.2 Å². The number of carbonyl (C=O) groups is 4. The lowest BCUT2D eigenvalue weighted by Crippen LogP contribution is -2.51. The molecule has 71 heavy (non-hydrogen) atoms. The van der Waals surface area contributed by atoms with Crippen LogP contribution in [0.25, 0.3) is 0 Å². The molecular weight excluding hydrogens is 891 g/mol. The fourth-order valence-electron chi connectivity index (χ4n) is 13.4. The van der Waals surface area contributed by atoms with E-state index in [4.69, 9.17) is 18.9 Å². The number of methoxy groups -OCH3 is 1. The number of ether oxygens (including phenoxy) is 4. The highest BCUT2D eigenvalue weighted by molar-refractivity contribution is 5.81. The maximum absolute atomic E-state index is 13.9. The minimum atomic E-state index is -0.621. The zero-order valence-corrected chi connectivity index (χ0v) is 46.9. The smallest absolute Gasteiger partial charge is 0.408 e. The molecule has 4 aliphatic rings. The van der Waals surface area contributed by atoms with Gasteiger partial charge in [0.15, 0.2) is 0 Å². The van der Waals surface area contributed by atoms with Crippen LogP contribution in [-0.4, -0.2) is 71.9 Å². The summed E-state index contributed by atoms with van der Waals surface area (Å²) in [5, 5.41) is 5.99. The van der Waals surface area contributed by atoms with Gasteiger partial charge in [-0.1, -0.05) is 103 Å². The van der Waals surface area contributed by atoms with Gasteiger partial charge in [0.2, 0.25) is 5.91 Å². The van der Waals surface area contributed by atoms with Crippen molar-refractivity contribution in [1.29, 1.82) is 0 Å². The summed E-state index contributed by atoms with van der Waals surface area (Å²) in [6, 6.07) is 7.44. The van der Waals surface area contributed by atoms with Crippen molar-refractivity contribution in [2.24, 2.45) is 46.3 Å². The van der Waals surface area contributed by atoms with Crippen LogP contribution in [0.2, 0.25) is 0 Å². The van der Waals surface area contributed by atoms with E-state index in [1.165, 1.54) is 56.9 Å². The van der Waals surface area contributed by atoms with Crippen molar-refractivity contribution in [2.75, 3.05) is 20.2 Å². The van der Waals surface area contributed by atoms with Crippen molar-refractivity contribution in [3.63, 3.8) is 0 Å². The molecule has 3 amide bonds. The van der Waals surface area contributed by atoms with E-state index in [9.17, 15) is 19.2 Å². The van der Waals surface area contributed by atoms with E-state index in [0.29, 0.717) is 30.8 Å². The number of fused-ring (bicyclic) bond motifs is 5. The predicted molar refractivity (Wildman–Crippen MR) is 285 cm³/mol. The summed E-state index contributed by atoms with van der Waals surface area (Å²) < 4.78 is 22.4. The Morgan fingerprint density at radius 2 is 1.42 bits per heavy atom. The summed E-state index contributed by atoms with van der Waals surface area (Å²) in [6.45, 7) is 27.1. The highest BCUT2D eigenvalue weighted by Crippen LogP contribution is 2.67. The predicted octanol–water partition coefficient (Wildman–Crippen LogP) is 14.3. The van der Waals surface area contributed by atoms with Crippen LogP contribution in [0.5, 0.6) is 5.75 Å². The second kappa shape index (κ2) is 25.5. The Bertz CT molecular complexity index is 1920. The third-order valence-corrected chi connectivity index (χ3v) is 17.5. The van der Waals surface area contributed by atoms with E-state index >= 15 is 0 Å². The number of nitrogens with zero attached hydrogens (tertiary/aromatic N) is 1. The molecule has 1 aromatic rings. The van der Waals surface area contributed by atoms with E-state index < -0.39 is 28.9 Å². The average Bonchev–Trinajstić information content (AvgIpc) is 3.64. The number of unbranched alkanes of at least 4 members (excludes halogenated alkanes) is 4. The van der Waals surface area contributed by atoms with Gasteiger partial charge in [0.1, 0.15) is 24.1 Å². The zero-order chi connectivity index (χ0) is 52.2. The molecule has 0 bridgehead atoms. The summed E-state index contributed by atoms with van der Waals surface area (Å²) in [7, 11) is 1.62. The second-order valence-electron chi connectivity index (χ2n) is 25.7. The van der Waals surface area contributed by atoms with Crippen molar-refractivity contribution in [3.8, 4) is 5.75 Å². The number of benzene rings is 1. The molecule has 0 aromatic heterocycles. The molecule has 11 heteroatoms. The average molecular weight is 990 g/mol. The van der Waals surface area contributed by atoms with Crippen molar-refractivity contribution in [2.45, 2.75) is 241 Å². The van der Waals surface area contributed by atoms with Gasteiger partial charge in [-0.3, -0.25) is 9.59 Å². The fourth-order valence-corrected chi connectivity index (χ4v) is 13.4. The van der Waals surface area contributed by atoms with Crippen LogP contribution in [0.3, 0.4) is 0 Å². The van der Waals surface area contributed by atoms with E-state index in [0.717, 1.165) is 98.7 Å². The Morgan fingerprint density at radius 3 is 2.11 bits per heavy atom. The first-order chi connectivity index (χ1) is 33.3. The summed E-state index contributed by atoms with van der Waals surface area (Å²) in [5.74, 6) is 5.14. The largest absolute Gasteiger partial charge is 0.497 e. The third kappa shape index (κ3) is 17.2. The first-order valence-corrected chi connectivity index (χ1v) is 28.1. The molecule has 0 spiro atoms. The van der Waals surface area contributed by atoms with Crippen LogP contribution in [0.4, 0.5) is 9.59 Å². The highest BCUT2D eigenvalue weighted by Gasteiger charge is 2.59. The molecule has 3 saturated carbocycles. The van der Waals surface area contributed by atoms with E-state index in [-0.39, 0.29) is 42.8 Å². The van der Waals surface area contributed by atoms with E-state index in [1.807, 2.05) is 77.6 Å². The summed E-state index contributed by atoms with van der Waals surface area (Å²) >= 11 is 0. The minimum absolute atomic E-state index is 0.0581. The van der Waals surface area contributed by atoms with Crippen molar-refractivity contribution < 1.29 is 38.1 Å². The van der Waals surface area contributed by atoms with Gasteiger partial charge < -0.3 is 34.5 Å². The van der Waals surface area contributed by atoms with Gasteiger partial charge in [-0.05, 0) is 177 Å². The normalized spacial score (nSPS) is 25.7. The first-order valence-electron chi connectivity index (χ1n) is 28.1. The lowest BCUT2D eigenvalue weighted by molar-refractivity contribution is -0.153. The molecule has 5 rings (SSSR count). The summed E-state index contributed by atoms with van der Waals surface area (Å²) in [6.07, 6.45) is 21.2. The molecule has 0 radical (unpaired) electrons. The number of hydrogen-bond acceptors (Lipinski definition) is 8. The third-order valence-electron chi connectivity index (χ3n) is 17.5. The van der Waals surface area contributed by atoms with Crippen LogP contribution < -0.4 is 15.4 Å². The van der Waals surface area contributed by atoms with Crippen LogP contribution >= 0.6 is 0 Å². The Kier molecular flexibility index (Phi) is 20.8. The standard InChI is InChI=1S/C60H99N3O8/c1-42(2)20-19-21-43(3)49-28-29-50-48-27-24-45-40-47(32-35-59(45,11)51(48)33-36-60(49,50)12)70-53(65)31-30-52(64)63(39-37-58(9,10)62-55(67)71-56(4,5)6)38-18-16-14-15-17-34-57(7,8)61-54(66)69-41-44-22-25-46(68-13)26-23-44/h22-26,42-43,47-51H,14-21,27-41H2,1-13H3,(H,61,66)(H,62,67)/t43?,47-,48-,49+,50-,51-,59-,60+/m0/s1. The molecule has 1 unspecified atom stereocenters. The summed E-state index contributed by atoms with van der Waals surface area (Å²) in [4.78, 5) is 54.6. The lowest BCUT2D eigenvalue weighted by atomic mass is 9.47. The Balaban J connectivity index is 1.08. The van der Waals surface area contributed by atoms with E-state index in [1.54, 1.807) is 7.11 Å². The molecule has 0 aliphatic heterocycles. The van der Waals surface area contributed by atoms with E-state index in [2.05, 4.69) is 51.3 Å². The number of amides is 3. The first kappa shape index (κ1) is 58.1. The van der Waals surface area contributed by atoms with Crippen LogP contribution in [0, 0.1) is 46.3 Å². The molecule has 11 nitrogen and oxygen atoms in total. The number of nitrogens with one attached hydrogen (secondary N) is 2. The monoisotopic (exact) mass is 990 g/mol. The van der Waals surface area contributed by atoms with Gasteiger partial charge in [-0.2, -0.15) is 0 Å². The number of hydrogen-bond donors (Lipinski definition) is 2. The lowest BCUT2D eigenvalue weighted by Gasteiger charge is -2.58. The zero-order valence-electron chi connectivity index (χ0n) is 46.9. The molecular formula is C60H99N3O8. The fraction of sp³-hybridized carbons (Fsp3) is 0.800. The van der Waals surface area contributed by atoms with Gasteiger partial charge in [0.05, 0.1) is 13.5 Å². The van der Waals surface area contributed by atoms with Crippen molar-refractivity contribution >= 4 is 24.1 Å². The SMILES string of the molecule is COc1ccc(COC(=O)NC(C)(C)CCCCCCCN(CCC(C)(C)NC(=O)OC(C)(C)C)C(=O)CCC(=O)O[C@H]2CC[C@@]3(C)C(=CC[C@H]4[C@@H]5CC[C@H](C(C)CCCC(C)C)[C@@]5(C)CC[C@@H]43)C2)cc1. The number of alkyl carbamates (subject to hydrolysis) is 2. The topological polar surface area (TPSA) is 132 Å². The Hall–Kier alpha value is -3.76. The molecule has 2 N–H and O–H groups in total. The second-order valence-corrected chi connectivity index (χ2v) is 25.7. The Morgan fingerprint density at radius 1 is 0.746 bits per heavy atom.